The normalized spacial score (nSPS) is 12.9. The number of benzene rings is 2. The summed E-state index contributed by atoms with van der Waals surface area (Å²) in [5, 5.41) is 7.81. The standard InChI is InChI=1S/C30H33N5O/c1-21-8-10-24(11-9-21)19-35-23(3)28(22(2)33-35)12-13-30(36)32-27-14-16-31-29(18-27)34-17-15-25-6-4-5-7-26(25)20-34/h4-11,14,16,18H,12-13,15,17,19-20H2,1-3H3,(H,31,32,36). The van der Waals surface area contributed by atoms with E-state index in [4.69, 9.17) is 5.10 Å². The summed E-state index contributed by atoms with van der Waals surface area (Å²) in [5.74, 6) is 0.896. The number of carbonyl (C=O) groups is 1. The van der Waals surface area contributed by atoms with Crippen LogP contribution in [0.3, 0.4) is 0 Å². The SMILES string of the molecule is Cc1ccc(Cn2nc(C)c(CCC(=O)Nc3ccnc(N4CCc5ccccc5C4)c3)c2C)cc1. The number of carbonyl (C=O) groups excluding carboxylic acids is 1. The molecule has 6 heteroatoms. The first kappa shape index (κ1) is 23.8. The van der Waals surface area contributed by atoms with Gasteiger partial charge in [0.05, 0.1) is 12.2 Å². The zero-order valence-corrected chi connectivity index (χ0v) is 21.3. The van der Waals surface area contributed by atoms with Crippen molar-refractivity contribution in [3.8, 4) is 0 Å². The van der Waals surface area contributed by atoms with Gasteiger partial charge in [-0.25, -0.2) is 4.98 Å². The maximum atomic E-state index is 12.8. The fraction of sp³-hybridized carbons (Fsp3) is 0.300. The third kappa shape index (κ3) is 5.33. The van der Waals surface area contributed by atoms with Crippen molar-refractivity contribution in [2.75, 3.05) is 16.8 Å². The minimum absolute atomic E-state index is 0.00113. The molecule has 2 aromatic heterocycles. The van der Waals surface area contributed by atoms with E-state index in [1.54, 1.807) is 6.20 Å². The fourth-order valence-electron chi connectivity index (χ4n) is 4.94. The lowest BCUT2D eigenvalue weighted by molar-refractivity contribution is -0.116. The molecule has 0 aliphatic carbocycles. The van der Waals surface area contributed by atoms with Crippen LogP contribution in [0.1, 0.15) is 45.6 Å². The quantitative estimate of drug-likeness (QED) is 0.386. The van der Waals surface area contributed by atoms with Gasteiger partial charge in [-0.15, -0.1) is 0 Å². The summed E-state index contributed by atoms with van der Waals surface area (Å²) in [6.45, 7) is 8.71. The zero-order chi connectivity index (χ0) is 25.1. The maximum Gasteiger partial charge on any atom is 0.224 e. The smallest absolute Gasteiger partial charge is 0.224 e. The first-order valence-electron chi connectivity index (χ1n) is 12.6. The molecule has 5 rings (SSSR count). The molecule has 4 aromatic rings. The lowest BCUT2D eigenvalue weighted by Gasteiger charge is -2.30. The molecule has 2 aromatic carbocycles. The molecule has 0 fully saturated rings. The molecule has 1 aliphatic heterocycles. The minimum Gasteiger partial charge on any atom is -0.352 e. The number of fused-ring (bicyclic) bond motifs is 1. The monoisotopic (exact) mass is 479 g/mol. The van der Waals surface area contributed by atoms with Gasteiger partial charge in [0.25, 0.3) is 0 Å². The van der Waals surface area contributed by atoms with E-state index in [2.05, 4.69) is 77.6 Å². The van der Waals surface area contributed by atoms with Crippen LogP contribution in [0.25, 0.3) is 0 Å². The molecule has 3 heterocycles. The van der Waals surface area contributed by atoms with Gasteiger partial charge >= 0.3 is 0 Å². The lowest BCUT2D eigenvalue weighted by atomic mass is 10.00. The molecule has 0 spiro atoms. The van der Waals surface area contributed by atoms with Crippen molar-refractivity contribution in [3.05, 3.63) is 106 Å². The van der Waals surface area contributed by atoms with Crippen LogP contribution in [0.4, 0.5) is 11.5 Å². The number of nitrogens with one attached hydrogen (secondary N) is 1. The highest BCUT2D eigenvalue weighted by Crippen LogP contribution is 2.25. The molecule has 184 valence electrons. The Morgan fingerprint density at radius 1 is 1.00 bits per heavy atom. The maximum absolute atomic E-state index is 12.8. The third-order valence-corrected chi connectivity index (χ3v) is 7.07. The largest absolute Gasteiger partial charge is 0.352 e. The summed E-state index contributed by atoms with van der Waals surface area (Å²) in [7, 11) is 0. The predicted octanol–water partition coefficient (Wildman–Crippen LogP) is 5.39. The molecule has 0 atom stereocenters. The zero-order valence-electron chi connectivity index (χ0n) is 21.3. The summed E-state index contributed by atoms with van der Waals surface area (Å²) < 4.78 is 2.04. The number of rotatable bonds is 7. The molecule has 1 N–H and O–H groups in total. The van der Waals surface area contributed by atoms with Gasteiger partial charge in [0, 0.05) is 43.2 Å². The third-order valence-electron chi connectivity index (χ3n) is 7.07. The van der Waals surface area contributed by atoms with Gasteiger partial charge in [0.2, 0.25) is 5.91 Å². The van der Waals surface area contributed by atoms with Crippen molar-refractivity contribution in [2.45, 2.75) is 53.1 Å². The molecular weight excluding hydrogens is 446 g/mol. The van der Waals surface area contributed by atoms with Crippen LogP contribution in [0.2, 0.25) is 0 Å². The predicted molar refractivity (Wildman–Crippen MR) is 144 cm³/mol. The van der Waals surface area contributed by atoms with E-state index in [0.29, 0.717) is 12.8 Å². The second-order valence-corrected chi connectivity index (χ2v) is 9.68. The van der Waals surface area contributed by atoms with Crippen molar-refractivity contribution in [1.29, 1.82) is 0 Å². The van der Waals surface area contributed by atoms with Gasteiger partial charge in [-0.1, -0.05) is 54.1 Å². The van der Waals surface area contributed by atoms with E-state index in [-0.39, 0.29) is 5.91 Å². The first-order chi connectivity index (χ1) is 17.5. The summed E-state index contributed by atoms with van der Waals surface area (Å²) >= 11 is 0. The molecule has 0 saturated carbocycles. The van der Waals surface area contributed by atoms with E-state index in [0.717, 1.165) is 54.5 Å². The van der Waals surface area contributed by atoms with Gasteiger partial charge in [0.15, 0.2) is 0 Å². The molecule has 0 unspecified atom stereocenters. The van der Waals surface area contributed by atoms with Gasteiger partial charge in [0.1, 0.15) is 5.82 Å². The Labute approximate surface area is 213 Å². The van der Waals surface area contributed by atoms with Crippen LogP contribution in [-0.4, -0.2) is 27.2 Å². The van der Waals surface area contributed by atoms with Gasteiger partial charge in [-0.3, -0.25) is 9.48 Å². The summed E-state index contributed by atoms with van der Waals surface area (Å²) in [4.78, 5) is 19.7. The number of aromatic nitrogens is 3. The van der Waals surface area contributed by atoms with Crippen molar-refractivity contribution in [2.24, 2.45) is 0 Å². The Balaban J connectivity index is 1.20. The Morgan fingerprint density at radius 2 is 1.78 bits per heavy atom. The number of hydrogen-bond acceptors (Lipinski definition) is 4. The van der Waals surface area contributed by atoms with Gasteiger partial charge < -0.3 is 10.2 Å². The van der Waals surface area contributed by atoms with Gasteiger partial charge in [-0.2, -0.15) is 5.10 Å². The Morgan fingerprint density at radius 3 is 2.58 bits per heavy atom. The summed E-state index contributed by atoms with van der Waals surface area (Å²) in [5.41, 5.74) is 9.27. The number of anilines is 2. The Kier molecular flexibility index (Phi) is 6.85. The molecular formula is C30H33N5O. The fourth-order valence-corrected chi connectivity index (χ4v) is 4.94. The molecule has 0 radical (unpaired) electrons. The van der Waals surface area contributed by atoms with Crippen LogP contribution < -0.4 is 10.2 Å². The topological polar surface area (TPSA) is 63.1 Å². The van der Waals surface area contributed by atoms with Crippen LogP contribution in [-0.2, 0) is 30.7 Å². The average Bonchev–Trinajstić information content (AvgIpc) is 3.15. The highest BCUT2D eigenvalue weighted by atomic mass is 16.1. The minimum atomic E-state index is 0.00113. The molecule has 6 nitrogen and oxygen atoms in total. The highest BCUT2D eigenvalue weighted by molar-refractivity contribution is 5.91. The number of hydrogen-bond donors (Lipinski definition) is 1. The van der Waals surface area contributed by atoms with Crippen molar-refractivity contribution < 1.29 is 4.79 Å². The summed E-state index contributed by atoms with van der Waals surface area (Å²) in [6.07, 6.45) is 3.85. The summed E-state index contributed by atoms with van der Waals surface area (Å²) in [6, 6.07) is 20.9. The van der Waals surface area contributed by atoms with E-state index in [1.165, 1.54) is 22.3 Å². The Hall–Kier alpha value is -3.93. The number of nitrogens with zero attached hydrogens (tertiary/aromatic N) is 4. The lowest BCUT2D eigenvalue weighted by Crippen LogP contribution is -2.31. The number of amides is 1. The molecule has 36 heavy (non-hydrogen) atoms. The molecule has 0 saturated heterocycles. The van der Waals surface area contributed by atoms with E-state index in [9.17, 15) is 4.79 Å². The first-order valence-corrected chi connectivity index (χ1v) is 12.6. The average molecular weight is 480 g/mol. The van der Waals surface area contributed by atoms with Crippen LogP contribution >= 0.6 is 0 Å². The van der Waals surface area contributed by atoms with Crippen LogP contribution in [0.5, 0.6) is 0 Å². The molecule has 0 bridgehead atoms. The van der Waals surface area contributed by atoms with E-state index in [1.807, 2.05) is 23.7 Å². The van der Waals surface area contributed by atoms with Gasteiger partial charge in [-0.05, 0) is 61.9 Å². The van der Waals surface area contributed by atoms with Crippen molar-refractivity contribution >= 4 is 17.4 Å². The number of pyridine rings is 1. The van der Waals surface area contributed by atoms with E-state index >= 15 is 0 Å². The van der Waals surface area contributed by atoms with Crippen molar-refractivity contribution in [3.63, 3.8) is 0 Å². The molecule has 1 aliphatic rings. The Bertz CT molecular complexity index is 1370. The second-order valence-electron chi connectivity index (χ2n) is 9.68. The number of aryl methyl sites for hydroxylation is 2. The highest BCUT2D eigenvalue weighted by Gasteiger charge is 2.18. The van der Waals surface area contributed by atoms with Crippen LogP contribution in [0, 0.1) is 20.8 Å². The van der Waals surface area contributed by atoms with Crippen LogP contribution in [0.15, 0.2) is 66.9 Å². The van der Waals surface area contributed by atoms with Crippen molar-refractivity contribution in [1.82, 2.24) is 14.8 Å². The molecule has 1 amide bonds. The van der Waals surface area contributed by atoms with E-state index < -0.39 is 0 Å². The second kappa shape index (κ2) is 10.4.